The van der Waals surface area contributed by atoms with Gasteiger partial charge in [0.2, 0.25) is 0 Å². The number of carbonyl (C=O) groups is 1. The second-order valence-corrected chi connectivity index (χ2v) is 4.39. The molecule has 0 heterocycles. The summed E-state index contributed by atoms with van der Waals surface area (Å²) in [7, 11) is 0. The zero-order valence-corrected chi connectivity index (χ0v) is 9.40. The van der Waals surface area contributed by atoms with Crippen molar-refractivity contribution in [3.05, 3.63) is 29.3 Å². The smallest absolute Gasteiger partial charge is 0.335 e. The third kappa shape index (κ3) is 2.35. The Kier molecular flexibility index (Phi) is 3.13. The normalized spacial score (nSPS) is 15.6. The van der Waals surface area contributed by atoms with Crippen molar-refractivity contribution in [2.75, 3.05) is 6.61 Å². The maximum Gasteiger partial charge on any atom is 0.335 e. The lowest BCUT2D eigenvalue weighted by atomic mass is 9.86. The third-order valence-corrected chi connectivity index (χ3v) is 3.12. The van der Waals surface area contributed by atoms with Crippen molar-refractivity contribution in [2.45, 2.75) is 26.2 Å². The van der Waals surface area contributed by atoms with Crippen molar-refractivity contribution < 1.29 is 14.6 Å². The minimum atomic E-state index is -0.895. The Bertz CT molecular complexity index is 394. The SMILES string of the molecule is Cc1cc(C(=O)O)ccc1OCC1CCC1. The van der Waals surface area contributed by atoms with Gasteiger partial charge in [-0.3, -0.25) is 0 Å². The Balaban J connectivity index is 2.00. The predicted molar refractivity (Wildman–Crippen MR) is 61.0 cm³/mol. The Morgan fingerprint density at radius 3 is 2.75 bits per heavy atom. The van der Waals surface area contributed by atoms with Crippen molar-refractivity contribution in [1.82, 2.24) is 0 Å². The molecule has 3 heteroatoms. The first-order valence-corrected chi connectivity index (χ1v) is 5.63. The molecule has 1 aliphatic carbocycles. The van der Waals surface area contributed by atoms with Gasteiger partial charge >= 0.3 is 5.97 Å². The topological polar surface area (TPSA) is 46.5 Å². The highest BCUT2D eigenvalue weighted by Crippen LogP contribution is 2.28. The summed E-state index contributed by atoms with van der Waals surface area (Å²) in [5.74, 6) is 0.601. The van der Waals surface area contributed by atoms with Crippen LogP contribution in [-0.2, 0) is 0 Å². The fraction of sp³-hybridized carbons (Fsp3) is 0.462. The molecular weight excluding hydrogens is 204 g/mol. The number of benzene rings is 1. The number of carboxylic acids is 1. The van der Waals surface area contributed by atoms with E-state index in [1.165, 1.54) is 19.3 Å². The van der Waals surface area contributed by atoms with E-state index in [9.17, 15) is 4.79 Å². The second kappa shape index (κ2) is 4.56. The fourth-order valence-corrected chi connectivity index (χ4v) is 1.81. The maximum atomic E-state index is 10.7. The van der Waals surface area contributed by atoms with Crippen LogP contribution in [-0.4, -0.2) is 17.7 Å². The molecule has 0 unspecified atom stereocenters. The van der Waals surface area contributed by atoms with Crippen molar-refractivity contribution >= 4 is 5.97 Å². The summed E-state index contributed by atoms with van der Waals surface area (Å²) in [6.07, 6.45) is 3.82. The summed E-state index contributed by atoms with van der Waals surface area (Å²) in [6, 6.07) is 4.99. The maximum absolute atomic E-state index is 10.7. The highest BCUT2D eigenvalue weighted by atomic mass is 16.5. The minimum Gasteiger partial charge on any atom is -0.493 e. The van der Waals surface area contributed by atoms with E-state index in [0.717, 1.165) is 17.9 Å². The van der Waals surface area contributed by atoms with Crippen LogP contribution in [0.25, 0.3) is 0 Å². The number of aromatic carboxylic acids is 1. The van der Waals surface area contributed by atoms with Gasteiger partial charge in [0.25, 0.3) is 0 Å². The van der Waals surface area contributed by atoms with E-state index in [2.05, 4.69) is 0 Å². The molecule has 0 radical (unpaired) electrons. The summed E-state index contributed by atoms with van der Waals surface area (Å²) in [5, 5.41) is 8.82. The average Bonchev–Trinajstić information content (AvgIpc) is 2.17. The molecule has 1 fully saturated rings. The summed E-state index contributed by atoms with van der Waals surface area (Å²) < 4.78 is 5.68. The lowest BCUT2D eigenvalue weighted by Gasteiger charge is -2.25. The molecule has 3 nitrogen and oxygen atoms in total. The van der Waals surface area contributed by atoms with E-state index in [-0.39, 0.29) is 0 Å². The van der Waals surface area contributed by atoms with Crippen LogP contribution in [0.3, 0.4) is 0 Å². The molecule has 0 saturated heterocycles. The molecule has 1 N–H and O–H groups in total. The fourth-order valence-electron chi connectivity index (χ4n) is 1.81. The van der Waals surface area contributed by atoms with Crippen LogP contribution < -0.4 is 4.74 Å². The van der Waals surface area contributed by atoms with Crippen molar-refractivity contribution in [1.29, 1.82) is 0 Å². The van der Waals surface area contributed by atoms with Gasteiger partial charge in [-0.05, 0) is 49.4 Å². The molecule has 1 aliphatic rings. The lowest BCUT2D eigenvalue weighted by molar-refractivity contribution is 0.0696. The van der Waals surface area contributed by atoms with Crippen LogP contribution >= 0.6 is 0 Å². The van der Waals surface area contributed by atoms with Crippen LogP contribution in [0.5, 0.6) is 5.75 Å². The number of hydrogen-bond donors (Lipinski definition) is 1. The van der Waals surface area contributed by atoms with Gasteiger partial charge in [0.15, 0.2) is 0 Å². The largest absolute Gasteiger partial charge is 0.493 e. The zero-order valence-electron chi connectivity index (χ0n) is 9.40. The molecule has 0 spiro atoms. The Hall–Kier alpha value is -1.51. The molecule has 16 heavy (non-hydrogen) atoms. The van der Waals surface area contributed by atoms with Crippen molar-refractivity contribution in [2.24, 2.45) is 5.92 Å². The molecule has 1 aromatic carbocycles. The highest BCUT2D eigenvalue weighted by molar-refractivity contribution is 5.88. The lowest BCUT2D eigenvalue weighted by Crippen LogP contribution is -2.19. The van der Waals surface area contributed by atoms with E-state index in [1.807, 2.05) is 6.92 Å². The van der Waals surface area contributed by atoms with Gasteiger partial charge in [-0.2, -0.15) is 0 Å². The van der Waals surface area contributed by atoms with Crippen LogP contribution in [0.15, 0.2) is 18.2 Å². The van der Waals surface area contributed by atoms with Crippen LogP contribution in [0.1, 0.15) is 35.2 Å². The molecule has 1 aromatic rings. The van der Waals surface area contributed by atoms with Crippen molar-refractivity contribution in [3.63, 3.8) is 0 Å². The van der Waals surface area contributed by atoms with Gasteiger partial charge in [-0.25, -0.2) is 4.79 Å². The number of aryl methyl sites for hydroxylation is 1. The monoisotopic (exact) mass is 220 g/mol. The summed E-state index contributed by atoms with van der Waals surface area (Å²) >= 11 is 0. The highest BCUT2D eigenvalue weighted by Gasteiger charge is 2.18. The quantitative estimate of drug-likeness (QED) is 0.848. The summed E-state index contributed by atoms with van der Waals surface area (Å²) in [6.45, 7) is 2.63. The summed E-state index contributed by atoms with van der Waals surface area (Å²) in [4.78, 5) is 10.7. The van der Waals surface area contributed by atoms with E-state index in [1.54, 1.807) is 18.2 Å². The van der Waals surface area contributed by atoms with E-state index in [0.29, 0.717) is 11.5 Å². The number of hydrogen-bond acceptors (Lipinski definition) is 2. The molecule has 0 atom stereocenters. The average molecular weight is 220 g/mol. The number of carboxylic acid groups (broad SMARTS) is 1. The third-order valence-electron chi connectivity index (χ3n) is 3.12. The molecule has 0 bridgehead atoms. The van der Waals surface area contributed by atoms with E-state index >= 15 is 0 Å². The molecule has 1 saturated carbocycles. The summed E-state index contributed by atoms with van der Waals surface area (Å²) in [5.41, 5.74) is 1.20. The number of ether oxygens (including phenoxy) is 1. The van der Waals surface area contributed by atoms with Crippen molar-refractivity contribution in [3.8, 4) is 5.75 Å². The van der Waals surface area contributed by atoms with Crippen LogP contribution in [0.4, 0.5) is 0 Å². The minimum absolute atomic E-state index is 0.313. The first kappa shape index (κ1) is 11.0. The Morgan fingerprint density at radius 2 is 2.25 bits per heavy atom. The predicted octanol–water partition coefficient (Wildman–Crippen LogP) is 2.87. The molecule has 0 amide bonds. The standard InChI is InChI=1S/C13H16O3/c1-9-7-11(13(14)15)5-6-12(9)16-8-10-3-2-4-10/h5-7,10H,2-4,8H2,1H3,(H,14,15). The molecule has 0 aliphatic heterocycles. The van der Waals surface area contributed by atoms with E-state index in [4.69, 9.17) is 9.84 Å². The second-order valence-electron chi connectivity index (χ2n) is 4.39. The Labute approximate surface area is 95.0 Å². The zero-order chi connectivity index (χ0) is 11.5. The first-order chi connectivity index (χ1) is 7.66. The van der Waals surface area contributed by atoms with Crippen LogP contribution in [0.2, 0.25) is 0 Å². The van der Waals surface area contributed by atoms with Gasteiger partial charge in [0, 0.05) is 0 Å². The van der Waals surface area contributed by atoms with Crippen LogP contribution in [0, 0.1) is 12.8 Å². The van der Waals surface area contributed by atoms with Gasteiger partial charge in [-0.15, -0.1) is 0 Å². The van der Waals surface area contributed by atoms with Gasteiger partial charge in [0.05, 0.1) is 12.2 Å². The van der Waals surface area contributed by atoms with Gasteiger partial charge in [-0.1, -0.05) is 6.42 Å². The molecule has 0 aromatic heterocycles. The molecular formula is C13H16O3. The van der Waals surface area contributed by atoms with E-state index < -0.39 is 5.97 Å². The molecule has 2 rings (SSSR count). The Morgan fingerprint density at radius 1 is 1.50 bits per heavy atom. The van der Waals surface area contributed by atoms with Gasteiger partial charge in [0.1, 0.15) is 5.75 Å². The molecule has 86 valence electrons. The first-order valence-electron chi connectivity index (χ1n) is 5.63. The number of rotatable bonds is 4. The van der Waals surface area contributed by atoms with Gasteiger partial charge < -0.3 is 9.84 Å².